The van der Waals surface area contributed by atoms with E-state index in [-0.39, 0.29) is 6.10 Å². The van der Waals surface area contributed by atoms with Gasteiger partial charge in [0.15, 0.2) is 5.82 Å². The fraction of sp³-hybridized carbons (Fsp3) is 0.250. The zero-order chi connectivity index (χ0) is 20.1. The van der Waals surface area contributed by atoms with E-state index in [9.17, 15) is 0 Å². The lowest BCUT2D eigenvalue weighted by molar-refractivity contribution is 0.244. The molecule has 0 saturated carbocycles. The molecule has 1 heterocycles. The van der Waals surface area contributed by atoms with Gasteiger partial charge in [-0.25, -0.2) is 0 Å². The smallest absolute Gasteiger partial charge is 0.249 e. The Labute approximate surface area is 169 Å². The monoisotopic (exact) mass is 399 g/mol. The highest BCUT2D eigenvalue weighted by atomic mass is 35.5. The second-order valence-electron chi connectivity index (χ2n) is 6.38. The summed E-state index contributed by atoms with van der Waals surface area (Å²) in [7, 11) is 1.59. The van der Waals surface area contributed by atoms with E-state index in [4.69, 9.17) is 21.1 Å². The fourth-order valence-corrected chi connectivity index (χ4v) is 2.69. The van der Waals surface area contributed by atoms with Crippen LogP contribution in [0.5, 0.6) is 11.5 Å². The van der Waals surface area contributed by atoms with Crippen LogP contribution in [0, 0.1) is 6.92 Å². The Bertz CT molecular complexity index is 965. The molecule has 0 spiro atoms. The molecule has 0 amide bonds. The van der Waals surface area contributed by atoms with Gasteiger partial charge >= 0.3 is 0 Å². The van der Waals surface area contributed by atoms with Gasteiger partial charge in [0, 0.05) is 11.1 Å². The van der Waals surface area contributed by atoms with E-state index in [2.05, 4.69) is 25.8 Å². The number of aromatic nitrogens is 3. The van der Waals surface area contributed by atoms with Crippen LogP contribution in [0.2, 0.25) is 5.02 Å². The molecular weight excluding hydrogens is 378 g/mol. The highest BCUT2D eigenvalue weighted by Gasteiger charge is 2.11. The molecule has 0 bridgehead atoms. The summed E-state index contributed by atoms with van der Waals surface area (Å²) >= 11 is 6.17. The van der Waals surface area contributed by atoms with Gasteiger partial charge in [0.2, 0.25) is 5.95 Å². The predicted octanol–water partition coefficient (Wildman–Crippen LogP) is 5.12. The van der Waals surface area contributed by atoms with Crippen molar-refractivity contribution in [3.63, 3.8) is 0 Å². The number of ether oxygens (including phenoxy) is 2. The molecule has 0 unspecified atom stereocenters. The van der Waals surface area contributed by atoms with E-state index in [1.807, 2.05) is 51.1 Å². The molecule has 28 heavy (non-hydrogen) atoms. The maximum atomic E-state index is 6.17. The van der Waals surface area contributed by atoms with Crippen LogP contribution in [0.25, 0.3) is 0 Å². The summed E-state index contributed by atoms with van der Waals surface area (Å²) in [6.07, 6.45) is 1.58. The molecule has 0 saturated heterocycles. The first-order valence-corrected chi connectivity index (χ1v) is 9.17. The van der Waals surface area contributed by atoms with Crippen LogP contribution in [-0.2, 0) is 0 Å². The Balaban J connectivity index is 1.84. The summed E-state index contributed by atoms with van der Waals surface area (Å²) in [5.41, 5.74) is 2.42. The van der Waals surface area contributed by atoms with Crippen LogP contribution in [0.3, 0.4) is 0 Å². The number of rotatable bonds is 7. The van der Waals surface area contributed by atoms with Gasteiger partial charge in [-0.2, -0.15) is 10.1 Å². The number of para-hydroxylation sites is 2. The number of benzene rings is 2. The third-order valence-electron chi connectivity index (χ3n) is 3.80. The third kappa shape index (κ3) is 4.80. The first kappa shape index (κ1) is 19.7. The van der Waals surface area contributed by atoms with Gasteiger partial charge < -0.3 is 20.1 Å². The van der Waals surface area contributed by atoms with Gasteiger partial charge in [-0.3, -0.25) is 0 Å². The maximum absolute atomic E-state index is 6.17. The Hall–Kier alpha value is -3.06. The van der Waals surface area contributed by atoms with E-state index in [1.165, 1.54) is 6.20 Å². The number of anilines is 4. The average Bonchev–Trinajstić information content (AvgIpc) is 2.66. The minimum absolute atomic E-state index is 0.0515. The Morgan fingerprint density at radius 1 is 1.04 bits per heavy atom. The zero-order valence-electron chi connectivity index (χ0n) is 16.2. The third-order valence-corrected chi connectivity index (χ3v) is 4.21. The maximum Gasteiger partial charge on any atom is 0.249 e. The van der Waals surface area contributed by atoms with Crippen molar-refractivity contribution in [3.05, 3.63) is 53.2 Å². The van der Waals surface area contributed by atoms with E-state index < -0.39 is 0 Å². The van der Waals surface area contributed by atoms with E-state index in [1.54, 1.807) is 13.2 Å². The molecule has 8 heteroatoms. The van der Waals surface area contributed by atoms with E-state index >= 15 is 0 Å². The number of methoxy groups -OCH3 is 1. The lowest BCUT2D eigenvalue weighted by Crippen LogP contribution is -2.08. The molecule has 0 radical (unpaired) electrons. The number of nitrogens with one attached hydrogen (secondary N) is 2. The second kappa shape index (κ2) is 8.75. The van der Waals surface area contributed by atoms with Crippen molar-refractivity contribution in [2.75, 3.05) is 17.7 Å². The molecule has 3 rings (SSSR count). The molecule has 0 aliphatic heterocycles. The standard InChI is InChI=1S/C20H22ClN5O2/c1-12(2)28-17-8-6-5-7-15(17)24-20-25-19(11-22-26-20)23-16-9-13(3)14(21)10-18(16)27-4/h5-12H,1-4H3,(H2,23,24,25,26). The van der Waals surface area contributed by atoms with Crippen LogP contribution in [0.1, 0.15) is 19.4 Å². The summed E-state index contributed by atoms with van der Waals surface area (Å²) in [4.78, 5) is 4.47. The van der Waals surface area contributed by atoms with Crippen molar-refractivity contribution >= 4 is 34.7 Å². The molecule has 0 aliphatic carbocycles. The Morgan fingerprint density at radius 2 is 1.82 bits per heavy atom. The molecule has 2 N–H and O–H groups in total. The van der Waals surface area contributed by atoms with Crippen LogP contribution in [0.15, 0.2) is 42.6 Å². The molecule has 0 atom stereocenters. The largest absolute Gasteiger partial charge is 0.495 e. The van der Waals surface area contributed by atoms with Crippen LogP contribution < -0.4 is 20.1 Å². The number of hydrogen-bond acceptors (Lipinski definition) is 7. The summed E-state index contributed by atoms with van der Waals surface area (Å²) in [6, 6.07) is 11.3. The molecule has 0 aliphatic rings. The lowest BCUT2D eigenvalue weighted by Gasteiger charge is -2.15. The van der Waals surface area contributed by atoms with Gasteiger partial charge in [0.25, 0.3) is 0 Å². The molecule has 2 aromatic carbocycles. The van der Waals surface area contributed by atoms with Gasteiger partial charge in [0.05, 0.1) is 30.8 Å². The Morgan fingerprint density at radius 3 is 2.57 bits per heavy atom. The van der Waals surface area contributed by atoms with Gasteiger partial charge in [-0.1, -0.05) is 23.7 Å². The molecular formula is C20H22ClN5O2. The normalized spacial score (nSPS) is 10.6. The number of aryl methyl sites for hydroxylation is 1. The first-order chi connectivity index (χ1) is 13.5. The van der Waals surface area contributed by atoms with Crippen molar-refractivity contribution in [1.29, 1.82) is 0 Å². The average molecular weight is 400 g/mol. The lowest BCUT2D eigenvalue weighted by atomic mass is 10.2. The summed E-state index contributed by atoms with van der Waals surface area (Å²) in [5.74, 6) is 2.18. The topological polar surface area (TPSA) is 81.2 Å². The highest BCUT2D eigenvalue weighted by Crippen LogP contribution is 2.33. The Kier molecular flexibility index (Phi) is 6.16. The predicted molar refractivity (Wildman–Crippen MR) is 111 cm³/mol. The summed E-state index contributed by atoms with van der Waals surface area (Å²) < 4.78 is 11.2. The van der Waals surface area contributed by atoms with Crippen LogP contribution in [-0.4, -0.2) is 28.4 Å². The quantitative estimate of drug-likeness (QED) is 0.570. The highest BCUT2D eigenvalue weighted by molar-refractivity contribution is 6.31. The van der Waals surface area contributed by atoms with Gasteiger partial charge in [-0.15, -0.1) is 5.10 Å². The van der Waals surface area contributed by atoms with Crippen molar-refractivity contribution in [1.82, 2.24) is 15.2 Å². The van der Waals surface area contributed by atoms with Crippen LogP contribution >= 0.6 is 11.6 Å². The SMILES string of the molecule is COc1cc(Cl)c(C)cc1Nc1cnnc(Nc2ccccc2OC(C)C)n1. The van der Waals surface area contributed by atoms with E-state index in [0.717, 1.165) is 22.7 Å². The van der Waals surface area contributed by atoms with E-state index in [0.29, 0.717) is 22.5 Å². The summed E-state index contributed by atoms with van der Waals surface area (Å²) in [5, 5.41) is 15.0. The van der Waals surface area contributed by atoms with Crippen molar-refractivity contribution in [2.24, 2.45) is 0 Å². The van der Waals surface area contributed by atoms with Crippen molar-refractivity contribution in [2.45, 2.75) is 26.9 Å². The zero-order valence-corrected chi connectivity index (χ0v) is 16.9. The number of halogens is 1. The minimum Gasteiger partial charge on any atom is -0.495 e. The minimum atomic E-state index is 0.0515. The number of hydrogen-bond donors (Lipinski definition) is 2. The van der Waals surface area contributed by atoms with Crippen molar-refractivity contribution < 1.29 is 9.47 Å². The fourth-order valence-electron chi connectivity index (χ4n) is 2.53. The molecule has 3 aromatic rings. The number of nitrogens with zero attached hydrogens (tertiary/aromatic N) is 3. The molecule has 0 fully saturated rings. The summed E-state index contributed by atoms with van der Waals surface area (Å²) in [6.45, 7) is 5.87. The van der Waals surface area contributed by atoms with Gasteiger partial charge in [0.1, 0.15) is 11.5 Å². The van der Waals surface area contributed by atoms with Gasteiger partial charge in [-0.05, 0) is 44.5 Å². The van der Waals surface area contributed by atoms with Crippen LogP contribution in [0.4, 0.5) is 23.1 Å². The molecule has 146 valence electrons. The molecule has 1 aromatic heterocycles. The molecule has 7 nitrogen and oxygen atoms in total. The second-order valence-corrected chi connectivity index (χ2v) is 6.79. The van der Waals surface area contributed by atoms with Crippen molar-refractivity contribution in [3.8, 4) is 11.5 Å². The first-order valence-electron chi connectivity index (χ1n) is 8.80.